The Morgan fingerprint density at radius 2 is 1.86 bits per heavy atom. The van der Waals surface area contributed by atoms with Crippen molar-refractivity contribution in [1.29, 1.82) is 0 Å². The van der Waals surface area contributed by atoms with E-state index in [2.05, 4.69) is 10.5 Å². The van der Waals surface area contributed by atoms with E-state index in [1.165, 1.54) is 6.07 Å². The second-order valence-electron chi connectivity index (χ2n) is 7.08. The van der Waals surface area contributed by atoms with Gasteiger partial charge in [-0.1, -0.05) is 43.3 Å². The number of rotatable bonds is 6. The Morgan fingerprint density at radius 1 is 1.17 bits per heavy atom. The van der Waals surface area contributed by atoms with Gasteiger partial charge in [-0.3, -0.25) is 4.79 Å². The van der Waals surface area contributed by atoms with Crippen LogP contribution in [-0.2, 0) is 6.54 Å². The van der Waals surface area contributed by atoms with Crippen LogP contribution >= 0.6 is 0 Å². The van der Waals surface area contributed by atoms with Gasteiger partial charge in [0.05, 0.1) is 11.1 Å². The molecule has 0 saturated carbocycles. The number of hydrogen-bond donors (Lipinski definition) is 4. The van der Waals surface area contributed by atoms with Crippen LogP contribution in [0.4, 0.5) is 0 Å². The lowest BCUT2D eigenvalue weighted by Gasteiger charge is -2.12. The molecular formula is C22H25N3O4. The third-order valence-corrected chi connectivity index (χ3v) is 4.73. The molecule has 0 aliphatic carbocycles. The molecule has 2 aromatic carbocycles. The molecule has 3 rings (SSSR count). The fourth-order valence-corrected chi connectivity index (χ4v) is 3.19. The Balaban J connectivity index is 2.24. The molecule has 0 aliphatic rings. The summed E-state index contributed by atoms with van der Waals surface area (Å²) < 4.78 is 5.54. The molecule has 1 amide bonds. The minimum Gasteiger partial charge on any atom is -0.508 e. The molecule has 0 radical (unpaired) electrons. The van der Waals surface area contributed by atoms with Crippen molar-refractivity contribution in [3.63, 3.8) is 0 Å². The molecule has 5 N–H and O–H groups in total. The van der Waals surface area contributed by atoms with Crippen molar-refractivity contribution in [2.24, 2.45) is 5.73 Å². The van der Waals surface area contributed by atoms with Gasteiger partial charge in [-0.15, -0.1) is 0 Å². The highest BCUT2D eigenvalue weighted by Crippen LogP contribution is 2.43. The third kappa shape index (κ3) is 3.95. The van der Waals surface area contributed by atoms with Gasteiger partial charge in [-0.05, 0) is 35.6 Å². The summed E-state index contributed by atoms with van der Waals surface area (Å²) in [6, 6.07) is 10.3. The van der Waals surface area contributed by atoms with E-state index < -0.39 is 0 Å². The monoisotopic (exact) mass is 395 g/mol. The van der Waals surface area contributed by atoms with E-state index in [0.717, 1.165) is 5.56 Å². The Labute approximate surface area is 169 Å². The van der Waals surface area contributed by atoms with Gasteiger partial charge in [0.25, 0.3) is 5.91 Å². The molecule has 0 unspecified atom stereocenters. The number of phenols is 2. The molecule has 152 valence electrons. The van der Waals surface area contributed by atoms with E-state index in [-0.39, 0.29) is 34.8 Å². The number of carbonyl (C=O) groups excluding carboxylic acids is 1. The number of aromatic nitrogens is 1. The minimum absolute atomic E-state index is 0.00133. The van der Waals surface area contributed by atoms with E-state index in [1.54, 1.807) is 6.07 Å². The molecular weight excluding hydrogens is 370 g/mol. The fourth-order valence-electron chi connectivity index (χ4n) is 3.19. The number of hydrogen-bond acceptors (Lipinski definition) is 6. The first kappa shape index (κ1) is 20.4. The standard InChI is InChI=1S/C22H25N3O4/c1-4-24-22(28)20-19(14-7-5-13(11-23)6-8-14)21(29-25-20)16-9-15(12(2)3)17(26)10-18(16)27/h5-10,12,26-27H,4,11,23H2,1-3H3,(H,24,28). The van der Waals surface area contributed by atoms with Gasteiger partial charge in [-0.2, -0.15) is 0 Å². The molecule has 1 heterocycles. The number of nitrogens with one attached hydrogen (secondary N) is 1. The topological polar surface area (TPSA) is 122 Å². The highest BCUT2D eigenvalue weighted by molar-refractivity contribution is 6.02. The smallest absolute Gasteiger partial charge is 0.274 e. The van der Waals surface area contributed by atoms with Crippen molar-refractivity contribution in [2.45, 2.75) is 33.2 Å². The summed E-state index contributed by atoms with van der Waals surface area (Å²) in [5, 5.41) is 27.4. The summed E-state index contributed by atoms with van der Waals surface area (Å²) in [6.07, 6.45) is 0. The van der Waals surface area contributed by atoms with Crippen molar-refractivity contribution in [1.82, 2.24) is 10.5 Å². The Hall–Kier alpha value is -3.32. The lowest BCUT2D eigenvalue weighted by molar-refractivity contribution is 0.0947. The minimum atomic E-state index is -0.372. The van der Waals surface area contributed by atoms with Crippen molar-refractivity contribution >= 4 is 5.91 Å². The van der Waals surface area contributed by atoms with Crippen LogP contribution in [0, 0.1) is 0 Å². The van der Waals surface area contributed by atoms with E-state index >= 15 is 0 Å². The number of phenolic OH excluding ortho intramolecular Hbond substituents is 2. The highest BCUT2D eigenvalue weighted by Gasteiger charge is 2.26. The van der Waals surface area contributed by atoms with Crippen molar-refractivity contribution in [3.8, 4) is 33.9 Å². The number of aromatic hydroxyl groups is 2. The van der Waals surface area contributed by atoms with Crippen LogP contribution < -0.4 is 11.1 Å². The summed E-state index contributed by atoms with van der Waals surface area (Å²) in [5.41, 5.74) is 8.94. The lowest BCUT2D eigenvalue weighted by Crippen LogP contribution is -2.23. The van der Waals surface area contributed by atoms with Crippen LogP contribution in [-0.4, -0.2) is 27.8 Å². The Bertz CT molecular complexity index is 1020. The second-order valence-corrected chi connectivity index (χ2v) is 7.08. The van der Waals surface area contributed by atoms with E-state index in [1.807, 2.05) is 45.0 Å². The zero-order chi connectivity index (χ0) is 21.1. The van der Waals surface area contributed by atoms with Gasteiger partial charge in [0.2, 0.25) is 0 Å². The fraction of sp³-hybridized carbons (Fsp3) is 0.273. The molecule has 0 fully saturated rings. The van der Waals surface area contributed by atoms with Crippen LogP contribution in [0.25, 0.3) is 22.5 Å². The molecule has 1 aromatic heterocycles. The SMILES string of the molecule is CCNC(=O)c1noc(-c2cc(C(C)C)c(O)cc2O)c1-c1ccc(CN)cc1. The average Bonchev–Trinajstić information content (AvgIpc) is 3.13. The first-order valence-corrected chi connectivity index (χ1v) is 9.50. The maximum absolute atomic E-state index is 12.6. The molecule has 3 aromatic rings. The number of nitrogens with two attached hydrogens (primary N) is 1. The van der Waals surface area contributed by atoms with Gasteiger partial charge in [0, 0.05) is 19.2 Å². The molecule has 7 heteroatoms. The summed E-state index contributed by atoms with van der Waals surface area (Å²) in [5.74, 6) is -0.259. The number of benzene rings is 2. The second kappa shape index (κ2) is 8.36. The van der Waals surface area contributed by atoms with E-state index in [4.69, 9.17) is 10.3 Å². The molecule has 0 aliphatic heterocycles. The maximum Gasteiger partial charge on any atom is 0.274 e. The molecule has 0 bridgehead atoms. The first-order chi connectivity index (χ1) is 13.9. The normalized spacial score (nSPS) is 11.1. The third-order valence-electron chi connectivity index (χ3n) is 4.73. The largest absolute Gasteiger partial charge is 0.508 e. The van der Waals surface area contributed by atoms with Gasteiger partial charge >= 0.3 is 0 Å². The predicted octanol–water partition coefficient (Wildman–Crippen LogP) is 3.75. The van der Waals surface area contributed by atoms with Crippen molar-refractivity contribution in [3.05, 3.63) is 53.2 Å². The van der Waals surface area contributed by atoms with Crippen LogP contribution in [0.15, 0.2) is 40.9 Å². The molecule has 0 spiro atoms. The highest BCUT2D eigenvalue weighted by atomic mass is 16.5. The summed E-state index contributed by atoms with van der Waals surface area (Å²) in [4.78, 5) is 12.6. The Kier molecular flexibility index (Phi) is 5.89. The van der Waals surface area contributed by atoms with E-state index in [9.17, 15) is 15.0 Å². The average molecular weight is 395 g/mol. The van der Waals surface area contributed by atoms with Gasteiger partial charge in [0.15, 0.2) is 11.5 Å². The van der Waals surface area contributed by atoms with Crippen molar-refractivity contribution in [2.75, 3.05) is 6.54 Å². The number of carbonyl (C=O) groups is 1. The maximum atomic E-state index is 12.6. The summed E-state index contributed by atoms with van der Waals surface area (Å²) in [6.45, 7) is 6.52. The molecule has 7 nitrogen and oxygen atoms in total. The number of amides is 1. The van der Waals surface area contributed by atoms with Crippen LogP contribution in [0.1, 0.15) is 48.3 Å². The van der Waals surface area contributed by atoms with Crippen LogP contribution in [0.5, 0.6) is 11.5 Å². The predicted molar refractivity (Wildman–Crippen MR) is 111 cm³/mol. The quantitative estimate of drug-likeness (QED) is 0.504. The van der Waals surface area contributed by atoms with Crippen LogP contribution in [0.3, 0.4) is 0 Å². The van der Waals surface area contributed by atoms with Crippen molar-refractivity contribution < 1.29 is 19.5 Å². The molecule has 29 heavy (non-hydrogen) atoms. The van der Waals surface area contributed by atoms with Gasteiger partial charge in [-0.25, -0.2) is 0 Å². The lowest BCUT2D eigenvalue weighted by atomic mass is 9.94. The van der Waals surface area contributed by atoms with Crippen LogP contribution in [0.2, 0.25) is 0 Å². The first-order valence-electron chi connectivity index (χ1n) is 9.50. The zero-order valence-electron chi connectivity index (χ0n) is 16.7. The number of nitrogens with zero attached hydrogens (tertiary/aromatic N) is 1. The molecule has 0 atom stereocenters. The Morgan fingerprint density at radius 3 is 2.45 bits per heavy atom. The molecule has 0 saturated heterocycles. The van der Waals surface area contributed by atoms with Gasteiger partial charge < -0.3 is 25.8 Å². The summed E-state index contributed by atoms with van der Waals surface area (Å²) >= 11 is 0. The van der Waals surface area contributed by atoms with E-state index in [0.29, 0.717) is 35.3 Å². The van der Waals surface area contributed by atoms with Gasteiger partial charge in [0.1, 0.15) is 11.5 Å². The summed E-state index contributed by atoms with van der Waals surface area (Å²) in [7, 11) is 0. The zero-order valence-corrected chi connectivity index (χ0v) is 16.7.